The second kappa shape index (κ2) is 11.7. The summed E-state index contributed by atoms with van der Waals surface area (Å²) in [6.45, 7) is 6.51. The van der Waals surface area contributed by atoms with E-state index in [4.69, 9.17) is 4.74 Å². The van der Waals surface area contributed by atoms with Gasteiger partial charge in [0.05, 0.1) is 17.7 Å². The van der Waals surface area contributed by atoms with Gasteiger partial charge in [0, 0.05) is 31.5 Å². The minimum Gasteiger partial charge on any atom is -0.476 e. The molecule has 14 nitrogen and oxygen atoms in total. The van der Waals surface area contributed by atoms with E-state index in [9.17, 15) is 38.0 Å². The summed E-state index contributed by atoms with van der Waals surface area (Å²) in [6.07, 6.45) is -0.430. The Labute approximate surface area is 231 Å². The van der Waals surface area contributed by atoms with Gasteiger partial charge in [0.15, 0.2) is 0 Å². The molecule has 0 radical (unpaired) electrons. The van der Waals surface area contributed by atoms with Crippen LogP contribution in [0.15, 0.2) is 30.7 Å². The maximum absolute atomic E-state index is 12.7. The lowest BCUT2D eigenvalue weighted by Gasteiger charge is -2.28. The number of nitrogens with zero attached hydrogens (tertiary/aromatic N) is 7. The lowest BCUT2D eigenvalue weighted by atomic mass is 10.2. The monoisotopic (exact) mass is 580 g/mol. The van der Waals surface area contributed by atoms with E-state index in [-0.39, 0.29) is 19.0 Å². The highest BCUT2D eigenvalue weighted by Crippen LogP contribution is 2.32. The lowest BCUT2D eigenvalue weighted by molar-refractivity contribution is -0.384. The molecule has 1 unspecified atom stereocenters. The van der Waals surface area contributed by atoms with E-state index in [1.54, 1.807) is 27.0 Å². The van der Waals surface area contributed by atoms with Crippen molar-refractivity contribution in [3.8, 4) is 0 Å². The van der Waals surface area contributed by atoms with Crippen LogP contribution in [0.3, 0.4) is 0 Å². The van der Waals surface area contributed by atoms with Crippen molar-refractivity contribution in [1.29, 1.82) is 0 Å². The van der Waals surface area contributed by atoms with Gasteiger partial charge in [-0.15, -0.1) is 0 Å². The maximum atomic E-state index is 12.7. The number of alkyl halides is 3. The number of carbonyl (C=O) groups is 2. The Kier molecular flexibility index (Phi) is 8.78. The number of likely N-dealkylation sites (N-methyl/N-ethyl adjacent to an activating group) is 1. The summed E-state index contributed by atoms with van der Waals surface area (Å²) in [7, 11) is 1.33. The first-order chi connectivity index (χ1) is 19.0. The molecular formula is C24H27F3N8O6. The molecule has 3 rings (SSSR count). The molecule has 41 heavy (non-hydrogen) atoms. The quantitative estimate of drug-likeness (QED) is 0.203. The van der Waals surface area contributed by atoms with E-state index < -0.39 is 57.6 Å². The molecule has 0 spiro atoms. The number of ether oxygens (including phenoxy) is 1. The minimum atomic E-state index is -4.55. The highest BCUT2D eigenvalue weighted by atomic mass is 19.4. The summed E-state index contributed by atoms with van der Waals surface area (Å²) in [5.74, 6) is -3.09. The van der Waals surface area contributed by atoms with Crippen molar-refractivity contribution in [3.63, 3.8) is 0 Å². The molecular weight excluding hydrogens is 553 g/mol. The van der Waals surface area contributed by atoms with Gasteiger partial charge in [0.25, 0.3) is 0 Å². The van der Waals surface area contributed by atoms with Crippen LogP contribution in [0.5, 0.6) is 0 Å². The second-order valence-corrected chi connectivity index (χ2v) is 9.90. The van der Waals surface area contributed by atoms with Crippen LogP contribution < -0.4 is 10.2 Å². The number of aromatic carboxylic acids is 1. The van der Waals surface area contributed by atoms with Crippen molar-refractivity contribution in [3.05, 3.63) is 63.4 Å². The molecule has 0 aliphatic heterocycles. The molecule has 1 atom stereocenters. The molecule has 0 saturated carbocycles. The summed E-state index contributed by atoms with van der Waals surface area (Å²) in [5.41, 5.74) is -2.62. The zero-order chi connectivity index (χ0) is 30.7. The van der Waals surface area contributed by atoms with Gasteiger partial charge in [-0.25, -0.2) is 9.59 Å². The lowest BCUT2D eigenvalue weighted by Crippen LogP contribution is -2.41. The van der Waals surface area contributed by atoms with Crippen LogP contribution in [-0.2, 0) is 28.8 Å². The predicted molar refractivity (Wildman–Crippen MR) is 137 cm³/mol. The Morgan fingerprint density at radius 3 is 2.41 bits per heavy atom. The summed E-state index contributed by atoms with van der Waals surface area (Å²) in [4.78, 5) is 47.8. The van der Waals surface area contributed by atoms with E-state index in [2.05, 4.69) is 25.4 Å². The molecule has 0 aromatic carbocycles. The maximum Gasteiger partial charge on any atom is 0.433 e. The molecule has 3 aromatic rings. The zero-order valence-electron chi connectivity index (χ0n) is 22.6. The van der Waals surface area contributed by atoms with Crippen LogP contribution in [-0.4, -0.2) is 65.4 Å². The predicted octanol–water partition coefficient (Wildman–Crippen LogP) is 3.52. The summed E-state index contributed by atoms with van der Waals surface area (Å²) < 4.78 is 44.9. The van der Waals surface area contributed by atoms with Gasteiger partial charge in [0.2, 0.25) is 17.5 Å². The molecule has 3 heterocycles. The van der Waals surface area contributed by atoms with Gasteiger partial charge in [-0.1, -0.05) is 6.07 Å². The Balaban J connectivity index is 1.82. The Hall–Kier alpha value is -4.83. The smallest absolute Gasteiger partial charge is 0.433 e. The number of pyridine rings is 1. The third-order valence-electron chi connectivity index (χ3n) is 5.51. The first-order valence-corrected chi connectivity index (χ1v) is 12.0. The number of carboxylic acids is 1. The van der Waals surface area contributed by atoms with E-state index in [0.717, 1.165) is 17.2 Å². The fraction of sp³-hybridized carbons (Fsp3) is 0.417. The highest BCUT2D eigenvalue weighted by molar-refractivity contribution is 5.94. The third kappa shape index (κ3) is 7.86. The zero-order valence-corrected chi connectivity index (χ0v) is 22.6. The topological polar surface area (TPSA) is 178 Å². The fourth-order valence-electron chi connectivity index (χ4n) is 3.45. The standard InChI is InChI=1S/C24H27F3N8O6/c1-13(21(38)41-23(2,3)4)33(5)19-18(35(39)40)17(20(36)37)31-22(32-19)29-9-15-10-30-34(12-15)11-14-6-7-16(28-8-14)24(25,26)27/h6-8,10,12-13H,9,11H2,1-5H3,(H,36,37)(H,29,31,32). The highest BCUT2D eigenvalue weighted by Gasteiger charge is 2.35. The van der Waals surface area contributed by atoms with E-state index in [1.807, 2.05) is 0 Å². The second-order valence-electron chi connectivity index (χ2n) is 9.90. The van der Waals surface area contributed by atoms with Crippen LogP contribution in [0.1, 0.15) is 55.0 Å². The number of hydrogen-bond acceptors (Lipinski definition) is 11. The number of hydrogen-bond donors (Lipinski definition) is 2. The molecule has 0 aliphatic rings. The first kappa shape index (κ1) is 30.7. The molecule has 0 aliphatic carbocycles. The van der Waals surface area contributed by atoms with Crippen molar-refractivity contribution in [2.45, 2.75) is 58.6 Å². The van der Waals surface area contributed by atoms with Gasteiger partial charge in [0.1, 0.15) is 17.3 Å². The number of nitrogens with one attached hydrogen (secondary N) is 1. The molecule has 17 heteroatoms. The number of rotatable bonds is 10. The van der Waals surface area contributed by atoms with Crippen molar-refractivity contribution in [2.75, 3.05) is 17.3 Å². The average molecular weight is 581 g/mol. The van der Waals surface area contributed by atoms with Crippen molar-refractivity contribution < 1.29 is 37.5 Å². The molecule has 0 bridgehead atoms. The Morgan fingerprint density at radius 2 is 1.88 bits per heavy atom. The summed E-state index contributed by atoms with van der Waals surface area (Å²) >= 11 is 0. The number of esters is 1. The third-order valence-corrected chi connectivity index (χ3v) is 5.51. The number of aromatic nitrogens is 5. The van der Waals surface area contributed by atoms with E-state index >= 15 is 0 Å². The SMILES string of the molecule is CC(C(=O)OC(C)(C)C)N(C)c1nc(NCc2cnn(Cc3ccc(C(F)(F)F)nc3)c2)nc(C(=O)O)c1[N+](=O)[O-]. The average Bonchev–Trinajstić information content (AvgIpc) is 3.31. The number of carboxylic acid groups (broad SMARTS) is 1. The van der Waals surface area contributed by atoms with Crippen molar-refractivity contribution in [1.82, 2.24) is 24.7 Å². The Bertz CT molecular complexity index is 1440. The number of anilines is 2. The molecule has 0 amide bonds. The van der Waals surface area contributed by atoms with Gasteiger partial charge in [-0.05, 0) is 39.3 Å². The van der Waals surface area contributed by atoms with Crippen LogP contribution >= 0.6 is 0 Å². The number of nitro groups is 1. The van der Waals surface area contributed by atoms with E-state index in [1.165, 1.54) is 30.9 Å². The molecule has 0 saturated heterocycles. The normalized spacial score (nSPS) is 12.5. The van der Waals surface area contributed by atoms with Crippen LogP contribution in [0.4, 0.5) is 30.6 Å². The first-order valence-electron chi connectivity index (χ1n) is 12.0. The molecule has 2 N–H and O–H groups in total. The summed E-state index contributed by atoms with van der Waals surface area (Å²) in [5, 5.41) is 28.4. The fourth-order valence-corrected chi connectivity index (χ4v) is 3.45. The molecule has 0 fully saturated rings. The van der Waals surface area contributed by atoms with E-state index in [0.29, 0.717) is 11.1 Å². The van der Waals surface area contributed by atoms with Crippen molar-refractivity contribution in [2.24, 2.45) is 0 Å². The molecule has 220 valence electrons. The van der Waals surface area contributed by atoms with Crippen LogP contribution in [0, 0.1) is 10.1 Å². The number of halogens is 3. The Morgan fingerprint density at radius 1 is 1.20 bits per heavy atom. The van der Waals surface area contributed by atoms with Gasteiger partial charge < -0.3 is 20.1 Å². The van der Waals surface area contributed by atoms with Gasteiger partial charge in [-0.3, -0.25) is 19.8 Å². The van der Waals surface area contributed by atoms with Crippen LogP contribution in [0.25, 0.3) is 0 Å². The van der Waals surface area contributed by atoms with Gasteiger partial charge >= 0.3 is 23.8 Å². The largest absolute Gasteiger partial charge is 0.476 e. The summed E-state index contributed by atoms with van der Waals surface area (Å²) in [6, 6.07) is 1.07. The minimum absolute atomic E-state index is 0.00685. The number of carbonyl (C=O) groups excluding carboxylic acids is 1. The molecule has 3 aromatic heterocycles. The van der Waals surface area contributed by atoms with Crippen LogP contribution in [0.2, 0.25) is 0 Å². The van der Waals surface area contributed by atoms with Gasteiger partial charge in [-0.2, -0.15) is 28.2 Å². The van der Waals surface area contributed by atoms with Crippen molar-refractivity contribution >= 4 is 29.4 Å².